The van der Waals surface area contributed by atoms with Gasteiger partial charge in [0.2, 0.25) is 5.91 Å². The number of hydrogen-bond acceptors (Lipinski definition) is 2. The Kier molecular flexibility index (Phi) is 10.2. The second-order valence-electron chi connectivity index (χ2n) is 10.2. The van der Waals surface area contributed by atoms with Crippen LogP contribution in [0.5, 0.6) is 0 Å². The SMILES string of the molecule is CC[C@H](C)N(CC(=O)N(Cc1cccn1Cc1ccccc1Cl)CC(C)C)C(=O)c1cccc(C(F)(F)F)c1. The molecule has 1 aromatic heterocycles. The van der Waals surface area contributed by atoms with E-state index in [-0.39, 0.29) is 30.0 Å². The van der Waals surface area contributed by atoms with Crippen molar-refractivity contribution in [3.63, 3.8) is 0 Å². The average molecular weight is 562 g/mol. The smallest absolute Gasteiger partial charge is 0.345 e. The van der Waals surface area contributed by atoms with Crippen molar-refractivity contribution in [2.24, 2.45) is 5.92 Å². The molecule has 0 unspecified atom stereocenters. The highest BCUT2D eigenvalue weighted by atomic mass is 35.5. The lowest BCUT2D eigenvalue weighted by molar-refractivity contribution is -0.137. The van der Waals surface area contributed by atoms with Gasteiger partial charge in [0.05, 0.1) is 12.1 Å². The van der Waals surface area contributed by atoms with E-state index < -0.39 is 17.6 Å². The first-order valence-corrected chi connectivity index (χ1v) is 13.4. The van der Waals surface area contributed by atoms with Crippen molar-refractivity contribution in [2.45, 2.75) is 59.4 Å². The van der Waals surface area contributed by atoms with Crippen LogP contribution in [0.3, 0.4) is 0 Å². The molecule has 1 heterocycles. The molecule has 5 nitrogen and oxygen atoms in total. The highest BCUT2D eigenvalue weighted by molar-refractivity contribution is 6.31. The third kappa shape index (κ3) is 8.12. The van der Waals surface area contributed by atoms with Crippen molar-refractivity contribution in [3.05, 3.63) is 94.3 Å². The number of hydrogen-bond donors (Lipinski definition) is 0. The average Bonchev–Trinajstić information content (AvgIpc) is 3.33. The number of carbonyl (C=O) groups is 2. The van der Waals surface area contributed by atoms with Crippen LogP contribution in [0, 0.1) is 5.92 Å². The molecule has 0 bridgehead atoms. The number of alkyl halides is 3. The number of amides is 2. The van der Waals surface area contributed by atoms with Gasteiger partial charge in [-0.3, -0.25) is 9.59 Å². The highest BCUT2D eigenvalue weighted by Gasteiger charge is 2.32. The topological polar surface area (TPSA) is 45.6 Å². The van der Waals surface area contributed by atoms with Gasteiger partial charge in [-0.2, -0.15) is 13.2 Å². The largest absolute Gasteiger partial charge is 0.416 e. The predicted molar refractivity (Wildman–Crippen MR) is 147 cm³/mol. The fraction of sp³-hybridized carbons (Fsp3) is 0.400. The van der Waals surface area contributed by atoms with Gasteiger partial charge >= 0.3 is 6.18 Å². The molecule has 0 aliphatic carbocycles. The Hall–Kier alpha value is -3.26. The molecule has 39 heavy (non-hydrogen) atoms. The minimum atomic E-state index is -4.57. The van der Waals surface area contributed by atoms with Crippen molar-refractivity contribution < 1.29 is 22.8 Å². The standard InChI is InChI=1S/C30H35ClF3N3O2/c1-5-22(4)37(29(39)23-11-8-12-25(16-23)30(32,33)34)20-28(38)36(17-21(2)3)19-26-13-9-15-35(26)18-24-10-6-7-14-27(24)31/h6-16,21-22H,5,17-20H2,1-4H3/t22-/m0/s1. The number of aromatic nitrogens is 1. The predicted octanol–water partition coefficient (Wildman–Crippen LogP) is 7.13. The second-order valence-corrected chi connectivity index (χ2v) is 10.6. The quantitative estimate of drug-likeness (QED) is 0.250. The van der Waals surface area contributed by atoms with E-state index in [1.165, 1.54) is 17.0 Å². The van der Waals surface area contributed by atoms with Crippen LogP contribution in [0.4, 0.5) is 13.2 Å². The van der Waals surface area contributed by atoms with Gasteiger partial charge < -0.3 is 14.4 Å². The minimum absolute atomic E-state index is 0.0954. The number of nitrogens with zero attached hydrogens (tertiary/aromatic N) is 3. The molecule has 3 aromatic rings. The van der Waals surface area contributed by atoms with Gasteiger partial charge in [0.1, 0.15) is 6.54 Å². The fourth-order valence-corrected chi connectivity index (χ4v) is 4.53. The molecule has 2 amide bonds. The zero-order valence-corrected chi connectivity index (χ0v) is 23.5. The van der Waals surface area contributed by atoms with Crippen molar-refractivity contribution >= 4 is 23.4 Å². The third-order valence-corrected chi connectivity index (χ3v) is 7.01. The van der Waals surface area contributed by atoms with Crippen LogP contribution in [0.1, 0.15) is 61.3 Å². The van der Waals surface area contributed by atoms with Crippen molar-refractivity contribution in [3.8, 4) is 0 Å². The Morgan fingerprint density at radius 2 is 1.72 bits per heavy atom. The van der Waals surface area contributed by atoms with E-state index in [0.29, 0.717) is 31.1 Å². The summed E-state index contributed by atoms with van der Waals surface area (Å²) in [4.78, 5) is 30.1. The molecule has 0 saturated heterocycles. The molecule has 0 spiro atoms. The molecule has 9 heteroatoms. The van der Waals surface area contributed by atoms with E-state index in [4.69, 9.17) is 11.6 Å². The van der Waals surface area contributed by atoms with E-state index in [1.807, 2.05) is 67.9 Å². The van der Waals surface area contributed by atoms with Crippen molar-refractivity contribution in [1.82, 2.24) is 14.4 Å². The third-order valence-electron chi connectivity index (χ3n) is 6.64. The van der Waals surface area contributed by atoms with Gasteiger partial charge in [-0.1, -0.05) is 56.6 Å². The lowest BCUT2D eigenvalue weighted by atomic mass is 10.1. The van der Waals surface area contributed by atoms with E-state index in [0.717, 1.165) is 23.4 Å². The zero-order valence-electron chi connectivity index (χ0n) is 22.7. The van der Waals surface area contributed by atoms with E-state index in [9.17, 15) is 22.8 Å². The molecular weight excluding hydrogens is 527 g/mol. The van der Waals surface area contributed by atoms with Crippen LogP contribution in [0.15, 0.2) is 66.9 Å². The van der Waals surface area contributed by atoms with Crippen LogP contribution in [-0.2, 0) is 24.1 Å². The van der Waals surface area contributed by atoms with E-state index in [1.54, 1.807) is 11.8 Å². The number of rotatable bonds is 11. The number of benzene rings is 2. The van der Waals surface area contributed by atoms with Gasteiger partial charge in [-0.05, 0) is 61.2 Å². The van der Waals surface area contributed by atoms with Gasteiger partial charge in [-0.15, -0.1) is 0 Å². The number of halogens is 4. The first-order chi connectivity index (χ1) is 18.4. The molecule has 210 valence electrons. The van der Waals surface area contributed by atoms with Crippen LogP contribution < -0.4 is 0 Å². The summed E-state index contributed by atoms with van der Waals surface area (Å²) in [5, 5.41) is 0.657. The summed E-state index contributed by atoms with van der Waals surface area (Å²) >= 11 is 6.36. The molecule has 0 saturated carbocycles. The maximum absolute atomic E-state index is 13.6. The first kappa shape index (κ1) is 30.3. The lowest BCUT2D eigenvalue weighted by Gasteiger charge is -2.32. The summed E-state index contributed by atoms with van der Waals surface area (Å²) in [7, 11) is 0. The Bertz CT molecular complexity index is 1270. The summed E-state index contributed by atoms with van der Waals surface area (Å²) in [6, 6.07) is 15.4. The molecule has 2 aromatic carbocycles. The molecule has 0 N–H and O–H groups in total. The zero-order chi connectivity index (χ0) is 28.7. The van der Waals surface area contributed by atoms with Crippen LogP contribution in [0.2, 0.25) is 5.02 Å². The van der Waals surface area contributed by atoms with Gasteiger partial charge in [0, 0.05) is 41.6 Å². The molecule has 0 fully saturated rings. The molecular formula is C30H35ClF3N3O2. The first-order valence-electron chi connectivity index (χ1n) is 13.0. The maximum Gasteiger partial charge on any atom is 0.416 e. The van der Waals surface area contributed by atoms with Crippen molar-refractivity contribution in [1.29, 1.82) is 0 Å². The Morgan fingerprint density at radius 3 is 2.36 bits per heavy atom. The second kappa shape index (κ2) is 13.2. The summed E-state index contributed by atoms with van der Waals surface area (Å²) in [6.45, 7) is 8.76. The fourth-order valence-electron chi connectivity index (χ4n) is 4.34. The molecule has 3 rings (SSSR count). The van der Waals surface area contributed by atoms with E-state index in [2.05, 4.69) is 0 Å². The van der Waals surface area contributed by atoms with Gasteiger partial charge in [-0.25, -0.2) is 0 Å². The van der Waals surface area contributed by atoms with Crippen LogP contribution in [-0.4, -0.2) is 45.3 Å². The normalized spacial score (nSPS) is 12.4. The van der Waals surface area contributed by atoms with Crippen molar-refractivity contribution in [2.75, 3.05) is 13.1 Å². The summed E-state index contributed by atoms with van der Waals surface area (Å²) in [5.74, 6) is -0.706. The molecule has 0 radical (unpaired) electrons. The van der Waals surface area contributed by atoms with E-state index >= 15 is 0 Å². The van der Waals surface area contributed by atoms with Gasteiger partial charge in [0.15, 0.2) is 0 Å². The molecule has 1 atom stereocenters. The summed E-state index contributed by atoms with van der Waals surface area (Å²) < 4.78 is 41.8. The highest BCUT2D eigenvalue weighted by Crippen LogP contribution is 2.30. The summed E-state index contributed by atoms with van der Waals surface area (Å²) in [6.07, 6.45) is -2.09. The van der Waals surface area contributed by atoms with Gasteiger partial charge in [0.25, 0.3) is 5.91 Å². The lowest BCUT2D eigenvalue weighted by Crippen LogP contribution is -2.47. The number of carbonyl (C=O) groups excluding carboxylic acids is 2. The van der Waals surface area contributed by atoms with Crippen LogP contribution in [0.25, 0.3) is 0 Å². The Balaban J connectivity index is 1.84. The maximum atomic E-state index is 13.6. The minimum Gasteiger partial charge on any atom is -0.345 e. The van der Waals surface area contributed by atoms with Crippen LogP contribution >= 0.6 is 11.6 Å². The Morgan fingerprint density at radius 1 is 1.00 bits per heavy atom. The monoisotopic (exact) mass is 561 g/mol. The summed E-state index contributed by atoms with van der Waals surface area (Å²) in [5.41, 5.74) is 0.864. The molecule has 0 aliphatic rings. The Labute approximate surface area is 233 Å². The molecule has 0 aliphatic heterocycles.